The Bertz CT molecular complexity index is 1470. The standard InChI is InChI=1S/C24H23F3N6O2/c1-13-9-20(35-4)16-10-14(5-6-17(16)28-13)23(34)33-8-7-15-18(12-33)29-32(3)22(15)19-11-21(24(25,26)27)30-31(19)2/h5-6,9-11H,7-8,12H2,1-4H3. The predicted molar refractivity (Wildman–Crippen MR) is 122 cm³/mol. The quantitative estimate of drug-likeness (QED) is 0.441. The molecule has 1 aliphatic heterocycles. The molecule has 1 amide bonds. The summed E-state index contributed by atoms with van der Waals surface area (Å²) in [5.74, 6) is 0.485. The number of hydrogen-bond donors (Lipinski definition) is 0. The summed E-state index contributed by atoms with van der Waals surface area (Å²) in [6.45, 7) is 2.55. The second-order valence-electron chi connectivity index (χ2n) is 8.61. The summed E-state index contributed by atoms with van der Waals surface area (Å²) in [5, 5.41) is 8.90. The van der Waals surface area contributed by atoms with Crippen molar-refractivity contribution in [3.63, 3.8) is 0 Å². The van der Waals surface area contributed by atoms with E-state index in [0.717, 1.165) is 28.2 Å². The van der Waals surface area contributed by atoms with Gasteiger partial charge in [-0.2, -0.15) is 23.4 Å². The van der Waals surface area contributed by atoms with Gasteiger partial charge in [0.15, 0.2) is 5.69 Å². The van der Waals surface area contributed by atoms with Crippen LogP contribution < -0.4 is 4.74 Å². The Morgan fingerprint density at radius 1 is 1.09 bits per heavy atom. The van der Waals surface area contributed by atoms with Crippen molar-refractivity contribution in [3.8, 4) is 17.1 Å². The average Bonchev–Trinajstić information content (AvgIpc) is 3.35. The normalized spacial score (nSPS) is 13.9. The molecule has 0 bridgehead atoms. The van der Waals surface area contributed by atoms with E-state index in [-0.39, 0.29) is 12.5 Å². The van der Waals surface area contributed by atoms with Crippen LogP contribution in [0.5, 0.6) is 5.75 Å². The third-order valence-electron chi connectivity index (χ3n) is 6.27. The zero-order valence-corrected chi connectivity index (χ0v) is 19.6. The summed E-state index contributed by atoms with van der Waals surface area (Å²) in [6, 6.07) is 8.17. The Hall–Kier alpha value is -3.89. The summed E-state index contributed by atoms with van der Waals surface area (Å²) in [7, 11) is 4.74. The highest BCUT2D eigenvalue weighted by molar-refractivity contribution is 5.99. The molecular formula is C24H23F3N6O2. The largest absolute Gasteiger partial charge is 0.496 e. The topological polar surface area (TPSA) is 78.1 Å². The highest BCUT2D eigenvalue weighted by atomic mass is 19.4. The first kappa shape index (κ1) is 22.9. The van der Waals surface area contributed by atoms with E-state index in [1.165, 1.54) is 11.7 Å². The molecule has 1 aromatic carbocycles. The number of aryl methyl sites for hydroxylation is 3. The van der Waals surface area contributed by atoms with Crippen molar-refractivity contribution in [2.24, 2.45) is 14.1 Å². The fourth-order valence-corrected chi connectivity index (χ4v) is 4.65. The average molecular weight is 484 g/mol. The van der Waals surface area contributed by atoms with Crippen LogP contribution in [0.15, 0.2) is 30.3 Å². The molecular weight excluding hydrogens is 461 g/mol. The first-order valence-electron chi connectivity index (χ1n) is 11.0. The van der Waals surface area contributed by atoms with Gasteiger partial charge >= 0.3 is 6.18 Å². The maximum absolute atomic E-state index is 13.3. The van der Waals surface area contributed by atoms with Crippen LogP contribution >= 0.6 is 0 Å². The van der Waals surface area contributed by atoms with E-state index in [1.807, 2.05) is 13.0 Å². The molecule has 182 valence electrons. The van der Waals surface area contributed by atoms with Crippen LogP contribution in [0.4, 0.5) is 13.2 Å². The lowest BCUT2D eigenvalue weighted by Gasteiger charge is -2.27. The molecule has 0 saturated heterocycles. The number of benzene rings is 1. The van der Waals surface area contributed by atoms with Gasteiger partial charge in [-0.05, 0) is 37.6 Å². The lowest BCUT2D eigenvalue weighted by atomic mass is 10.0. The number of halogens is 3. The molecule has 0 atom stereocenters. The van der Waals surface area contributed by atoms with E-state index in [4.69, 9.17) is 4.74 Å². The predicted octanol–water partition coefficient (Wildman–Crippen LogP) is 3.90. The van der Waals surface area contributed by atoms with Gasteiger partial charge in [-0.15, -0.1) is 0 Å². The van der Waals surface area contributed by atoms with Gasteiger partial charge in [-0.25, -0.2) is 0 Å². The van der Waals surface area contributed by atoms with E-state index in [1.54, 1.807) is 41.9 Å². The van der Waals surface area contributed by atoms with Crippen LogP contribution in [0.1, 0.15) is 33.0 Å². The van der Waals surface area contributed by atoms with E-state index in [2.05, 4.69) is 15.2 Å². The molecule has 1 aliphatic rings. The summed E-state index contributed by atoms with van der Waals surface area (Å²) in [6.07, 6.45) is -4.07. The first-order valence-corrected chi connectivity index (χ1v) is 11.0. The van der Waals surface area contributed by atoms with Crippen molar-refractivity contribution in [2.75, 3.05) is 13.7 Å². The maximum Gasteiger partial charge on any atom is 0.435 e. The molecule has 0 unspecified atom stereocenters. The SMILES string of the molecule is COc1cc(C)nc2ccc(C(=O)N3CCc4c(nn(C)c4-c4cc(C(F)(F)F)nn4C)C3)cc12. The Balaban J connectivity index is 1.45. The van der Waals surface area contributed by atoms with Gasteiger partial charge in [0.25, 0.3) is 5.91 Å². The fraction of sp³-hybridized carbons (Fsp3) is 0.333. The van der Waals surface area contributed by atoms with Crippen LogP contribution in [0.3, 0.4) is 0 Å². The number of alkyl halides is 3. The number of hydrogen-bond acceptors (Lipinski definition) is 5. The second-order valence-corrected chi connectivity index (χ2v) is 8.61. The fourth-order valence-electron chi connectivity index (χ4n) is 4.65. The highest BCUT2D eigenvalue weighted by Gasteiger charge is 2.36. The van der Waals surface area contributed by atoms with Gasteiger partial charge in [0.2, 0.25) is 0 Å². The van der Waals surface area contributed by atoms with Crippen molar-refractivity contribution in [1.82, 2.24) is 29.4 Å². The van der Waals surface area contributed by atoms with Crippen LogP contribution in [-0.4, -0.2) is 49.0 Å². The van der Waals surface area contributed by atoms with Crippen molar-refractivity contribution in [1.29, 1.82) is 0 Å². The zero-order chi connectivity index (χ0) is 25.1. The molecule has 3 aromatic heterocycles. The van der Waals surface area contributed by atoms with Crippen molar-refractivity contribution in [3.05, 3.63) is 58.5 Å². The van der Waals surface area contributed by atoms with Gasteiger partial charge in [0.1, 0.15) is 5.75 Å². The number of carbonyl (C=O) groups excluding carboxylic acids is 1. The molecule has 4 heterocycles. The molecule has 11 heteroatoms. The van der Waals surface area contributed by atoms with Crippen molar-refractivity contribution >= 4 is 16.8 Å². The van der Waals surface area contributed by atoms with E-state index in [0.29, 0.717) is 41.4 Å². The Morgan fingerprint density at radius 3 is 2.54 bits per heavy atom. The van der Waals surface area contributed by atoms with Crippen molar-refractivity contribution < 1.29 is 22.7 Å². The molecule has 4 aromatic rings. The summed E-state index contributed by atoms with van der Waals surface area (Å²) < 4.78 is 47.8. The molecule has 0 aliphatic carbocycles. The summed E-state index contributed by atoms with van der Waals surface area (Å²) >= 11 is 0. The Kier molecular flexibility index (Phi) is 5.30. The minimum Gasteiger partial charge on any atom is -0.496 e. The number of fused-ring (bicyclic) bond motifs is 2. The molecule has 0 fully saturated rings. The monoisotopic (exact) mass is 484 g/mol. The molecule has 0 N–H and O–H groups in total. The van der Waals surface area contributed by atoms with E-state index >= 15 is 0 Å². The minimum absolute atomic E-state index is 0.160. The van der Waals surface area contributed by atoms with Gasteiger partial charge in [-0.1, -0.05) is 0 Å². The smallest absolute Gasteiger partial charge is 0.435 e. The molecule has 0 spiro atoms. The highest BCUT2D eigenvalue weighted by Crippen LogP contribution is 2.35. The number of aromatic nitrogens is 5. The van der Waals surface area contributed by atoms with Crippen LogP contribution in [0.25, 0.3) is 22.3 Å². The molecule has 0 radical (unpaired) electrons. The van der Waals surface area contributed by atoms with Crippen LogP contribution in [-0.2, 0) is 33.2 Å². The summed E-state index contributed by atoms with van der Waals surface area (Å²) in [5.41, 5.74) is 3.51. The van der Waals surface area contributed by atoms with Crippen molar-refractivity contribution in [2.45, 2.75) is 26.1 Å². The van der Waals surface area contributed by atoms with E-state index < -0.39 is 11.9 Å². The van der Waals surface area contributed by atoms with E-state index in [9.17, 15) is 18.0 Å². The van der Waals surface area contributed by atoms with Gasteiger partial charge in [-0.3, -0.25) is 19.1 Å². The Morgan fingerprint density at radius 2 is 1.86 bits per heavy atom. The number of methoxy groups -OCH3 is 1. The van der Waals surface area contributed by atoms with Crippen LogP contribution in [0, 0.1) is 6.92 Å². The van der Waals surface area contributed by atoms with Gasteiger partial charge in [0, 0.05) is 48.9 Å². The maximum atomic E-state index is 13.3. The van der Waals surface area contributed by atoms with Gasteiger partial charge in [0.05, 0.1) is 36.3 Å². The number of amides is 1. The number of nitrogens with zero attached hydrogens (tertiary/aromatic N) is 6. The van der Waals surface area contributed by atoms with Crippen LogP contribution in [0.2, 0.25) is 0 Å². The third kappa shape index (κ3) is 3.90. The minimum atomic E-state index is -4.53. The lowest BCUT2D eigenvalue weighted by Crippen LogP contribution is -2.36. The third-order valence-corrected chi connectivity index (χ3v) is 6.27. The first-order chi connectivity index (χ1) is 16.6. The number of pyridine rings is 1. The lowest BCUT2D eigenvalue weighted by molar-refractivity contribution is -0.141. The molecule has 0 saturated carbocycles. The molecule has 5 rings (SSSR count). The number of rotatable bonds is 3. The number of ether oxygens (including phenoxy) is 1. The number of carbonyl (C=O) groups is 1. The second kappa shape index (κ2) is 8.10. The van der Waals surface area contributed by atoms with Gasteiger partial charge < -0.3 is 9.64 Å². The Labute approximate surface area is 198 Å². The molecule has 35 heavy (non-hydrogen) atoms. The zero-order valence-electron chi connectivity index (χ0n) is 19.6. The molecule has 8 nitrogen and oxygen atoms in total. The summed E-state index contributed by atoms with van der Waals surface area (Å²) in [4.78, 5) is 19.5.